The van der Waals surface area contributed by atoms with Gasteiger partial charge in [-0.25, -0.2) is 0 Å². The Hall–Kier alpha value is -2.70. The van der Waals surface area contributed by atoms with E-state index < -0.39 is 23.7 Å². The molecular formula is C14H14N2O5. The van der Waals surface area contributed by atoms with Crippen LogP contribution in [0.4, 0.5) is 0 Å². The highest BCUT2D eigenvalue weighted by Gasteiger charge is 2.33. The minimum atomic E-state index is -0.994. The van der Waals surface area contributed by atoms with Crippen molar-refractivity contribution in [1.29, 1.82) is 0 Å². The van der Waals surface area contributed by atoms with Gasteiger partial charge in [0.2, 0.25) is 0 Å². The van der Waals surface area contributed by atoms with Gasteiger partial charge < -0.3 is 10.0 Å². The molecule has 0 saturated carbocycles. The Bertz CT molecular complexity index is 653. The second kappa shape index (κ2) is 5.35. The number of carboxylic acid groups (broad SMARTS) is 1. The molecule has 0 atom stereocenters. The first kappa shape index (κ1) is 14.7. The third-order valence-electron chi connectivity index (χ3n) is 3.34. The lowest BCUT2D eigenvalue weighted by molar-refractivity contribution is -0.137. The summed E-state index contributed by atoms with van der Waals surface area (Å²) in [7, 11) is 2.86. The summed E-state index contributed by atoms with van der Waals surface area (Å²) < 4.78 is 0. The first-order valence-corrected chi connectivity index (χ1v) is 6.26. The van der Waals surface area contributed by atoms with Crippen molar-refractivity contribution in [3.8, 4) is 0 Å². The molecule has 0 unspecified atom stereocenters. The van der Waals surface area contributed by atoms with Crippen molar-refractivity contribution in [2.24, 2.45) is 0 Å². The van der Waals surface area contributed by atoms with Crippen LogP contribution in [0.15, 0.2) is 18.2 Å². The molecule has 1 N–H and O–H groups in total. The van der Waals surface area contributed by atoms with Crippen molar-refractivity contribution in [3.05, 3.63) is 34.9 Å². The molecular weight excluding hydrogens is 276 g/mol. The van der Waals surface area contributed by atoms with Gasteiger partial charge in [0, 0.05) is 26.2 Å². The third-order valence-corrected chi connectivity index (χ3v) is 3.34. The Morgan fingerprint density at radius 2 is 1.81 bits per heavy atom. The maximum Gasteiger partial charge on any atom is 0.305 e. The van der Waals surface area contributed by atoms with Crippen molar-refractivity contribution in [2.75, 3.05) is 20.6 Å². The fourth-order valence-electron chi connectivity index (χ4n) is 2.08. The second-order valence-corrected chi connectivity index (χ2v) is 4.80. The normalized spacial score (nSPS) is 13.3. The predicted octanol–water partition coefficient (Wildman–Crippen LogP) is 0.459. The van der Waals surface area contributed by atoms with Gasteiger partial charge in [-0.05, 0) is 18.2 Å². The van der Waals surface area contributed by atoms with Crippen LogP contribution in [0.5, 0.6) is 0 Å². The van der Waals surface area contributed by atoms with E-state index in [1.807, 2.05) is 0 Å². The van der Waals surface area contributed by atoms with Crippen LogP contribution in [0, 0.1) is 0 Å². The maximum absolute atomic E-state index is 12.1. The number of hydrogen-bond acceptors (Lipinski definition) is 4. The van der Waals surface area contributed by atoms with Crippen LogP contribution in [-0.4, -0.2) is 59.2 Å². The minimum Gasteiger partial charge on any atom is -0.481 e. The molecule has 1 aromatic rings. The van der Waals surface area contributed by atoms with E-state index in [4.69, 9.17) is 5.11 Å². The number of fused-ring (bicyclic) bond motifs is 1. The fourth-order valence-corrected chi connectivity index (χ4v) is 2.08. The van der Waals surface area contributed by atoms with Gasteiger partial charge in [0.25, 0.3) is 17.7 Å². The molecule has 110 valence electrons. The number of imide groups is 1. The molecule has 0 radical (unpaired) electrons. The molecule has 0 saturated heterocycles. The van der Waals surface area contributed by atoms with Crippen molar-refractivity contribution in [2.45, 2.75) is 6.42 Å². The highest BCUT2D eigenvalue weighted by molar-refractivity contribution is 6.21. The van der Waals surface area contributed by atoms with Gasteiger partial charge in [0.15, 0.2) is 0 Å². The van der Waals surface area contributed by atoms with E-state index >= 15 is 0 Å². The quantitative estimate of drug-likeness (QED) is 0.813. The summed E-state index contributed by atoms with van der Waals surface area (Å²) in [6.07, 6.45) is -0.159. The largest absolute Gasteiger partial charge is 0.481 e. The molecule has 0 spiro atoms. The fraction of sp³-hybridized carbons (Fsp3) is 0.286. The molecule has 0 fully saturated rings. The van der Waals surface area contributed by atoms with Crippen molar-refractivity contribution in [1.82, 2.24) is 9.80 Å². The SMILES string of the molecule is CN(CCC(=O)O)C(=O)c1ccc2c(c1)C(=O)N(C)C2=O. The summed E-state index contributed by atoms with van der Waals surface area (Å²) in [5, 5.41) is 8.61. The summed E-state index contributed by atoms with van der Waals surface area (Å²) in [5.41, 5.74) is 0.713. The maximum atomic E-state index is 12.1. The predicted molar refractivity (Wildman–Crippen MR) is 72.1 cm³/mol. The Morgan fingerprint density at radius 1 is 1.19 bits per heavy atom. The van der Waals surface area contributed by atoms with Crippen LogP contribution in [0.1, 0.15) is 37.5 Å². The molecule has 0 aromatic heterocycles. The molecule has 0 aliphatic carbocycles. The Kier molecular flexibility index (Phi) is 3.75. The Morgan fingerprint density at radius 3 is 2.43 bits per heavy atom. The summed E-state index contributed by atoms with van der Waals surface area (Å²) in [6, 6.07) is 4.28. The lowest BCUT2D eigenvalue weighted by atomic mass is 10.0. The van der Waals surface area contributed by atoms with Gasteiger partial charge in [-0.2, -0.15) is 0 Å². The zero-order chi connectivity index (χ0) is 15.7. The number of hydrogen-bond donors (Lipinski definition) is 1. The highest BCUT2D eigenvalue weighted by atomic mass is 16.4. The minimum absolute atomic E-state index is 0.0675. The molecule has 1 aromatic carbocycles. The van der Waals surface area contributed by atoms with Gasteiger partial charge in [-0.15, -0.1) is 0 Å². The van der Waals surface area contributed by atoms with E-state index in [1.165, 1.54) is 37.2 Å². The first-order valence-electron chi connectivity index (χ1n) is 6.26. The average molecular weight is 290 g/mol. The van der Waals surface area contributed by atoms with E-state index in [0.29, 0.717) is 0 Å². The first-order chi connectivity index (χ1) is 9.82. The molecule has 1 aliphatic heterocycles. The molecule has 7 heteroatoms. The van der Waals surface area contributed by atoms with Crippen LogP contribution in [0.25, 0.3) is 0 Å². The number of carbonyl (C=O) groups is 4. The van der Waals surface area contributed by atoms with Crippen LogP contribution in [-0.2, 0) is 4.79 Å². The molecule has 0 bridgehead atoms. The van der Waals surface area contributed by atoms with E-state index in [1.54, 1.807) is 0 Å². The summed E-state index contributed by atoms with van der Waals surface area (Å²) in [6.45, 7) is 0.0675. The topological polar surface area (TPSA) is 95.0 Å². The second-order valence-electron chi connectivity index (χ2n) is 4.80. The van der Waals surface area contributed by atoms with Crippen molar-refractivity contribution in [3.63, 3.8) is 0 Å². The van der Waals surface area contributed by atoms with Gasteiger partial charge in [-0.3, -0.25) is 24.1 Å². The Labute approximate surface area is 120 Å². The van der Waals surface area contributed by atoms with Gasteiger partial charge in [-0.1, -0.05) is 0 Å². The highest BCUT2D eigenvalue weighted by Crippen LogP contribution is 2.23. The third kappa shape index (κ3) is 2.62. The molecule has 3 amide bonds. The number of aliphatic carboxylic acids is 1. The lowest BCUT2D eigenvalue weighted by Gasteiger charge is -2.16. The molecule has 21 heavy (non-hydrogen) atoms. The van der Waals surface area contributed by atoms with Gasteiger partial charge in [0.05, 0.1) is 17.5 Å². The number of rotatable bonds is 4. The van der Waals surface area contributed by atoms with Gasteiger partial charge >= 0.3 is 5.97 Å². The van der Waals surface area contributed by atoms with Crippen molar-refractivity contribution >= 4 is 23.7 Å². The van der Waals surface area contributed by atoms with E-state index in [-0.39, 0.29) is 29.7 Å². The van der Waals surface area contributed by atoms with E-state index in [9.17, 15) is 19.2 Å². The number of amides is 3. The van der Waals surface area contributed by atoms with E-state index in [0.717, 1.165) is 4.90 Å². The Balaban J connectivity index is 2.23. The van der Waals surface area contributed by atoms with E-state index in [2.05, 4.69) is 0 Å². The molecule has 7 nitrogen and oxygen atoms in total. The average Bonchev–Trinajstić information content (AvgIpc) is 2.68. The molecule has 1 aliphatic rings. The van der Waals surface area contributed by atoms with Crippen LogP contribution >= 0.6 is 0 Å². The monoisotopic (exact) mass is 290 g/mol. The zero-order valence-corrected chi connectivity index (χ0v) is 11.6. The summed E-state index contributed by atoms with van der Waals surface area (Å²) in [4.78, 5) is 48.5. The molecule has 1 heterocycles. The molecule has 2 rings (SSSR count). The van der Waals surface area contributed by atoms with Crippen LogP contribution < -0.4 is 0 Å². The smallest absolute Gasteiger partial charge is 0.305 e. The number of benzene rings is 1. The standard InChI is InChI=1S/C14H14N2O5/c1-15(6-5-11(17)18)12(19)8-3-4-9-10(7-8)14(21)16(2)13(9)20/h3-4,7H,5-6H2,1-2H3,(H,17,18). The lowest BCUT2D eigenvalue weighted by Crippen LogP contribution is -2.29. The van der Waals surface area contributed by atoms with Crippen molar-refractivity contribution < 1.29 is 24.3 Å². The number of carbonyl (C=O) groups excluding carboxylic acids is 3. The van der Waals surface area contributed by atoms with Gasteiger partial charge in [0.1, 0.15) is 0 Å². The summed E-state index contributed by atoms with van der Waals surface area (Å²) in [5.74, 6) is -2.23. The number of carboxylic acids is 1. The van der Waals surface area contributed by atoms with Crippen LogP contribution in [0.2, 0.25) is 0 Å². The number of nitrogens with zero attached hydrogens (tertiary/aromatic N) is 2. The summed E-state index contributed by atoms with van der Waals surface area (Å²) >= 11 is 0. The van der Waals surface area contributed by atoms with Crippen LogP contribution in [0.3, 0.4) is 0 Å². The zero-order valence-electron chi connectivity index (χ0n) is 11.6.